The van der Waals surface area contributed by atoms with Crippen molar-refractivity contribution in [3.8, 4) is 51.9 Å². The SMILES string of the molecule is COc1cc(-c2oc3c(OC)c(OC)c(C#CCCCCCCCCCCOCc4ccccc4)cc3c(=O)c2O)ccc1OCc1ccccc1. The van der Waals surface area contributed by atoms with Gasteiger partial charge in [0.15, 0.2) is 28.6 Å². The molecule has 0 radical (unpaired) electrons. The molecule has 0 saturated heterocycles. The standard InChI is InChI=1S/C44H48O8/c1-47-38-29-35(25-26-37(38)51-31-33-22-16-13-17-23-33)41-40(46)39(45)36-28-34(42(48-2)44(49-3)43(36)52-41)24-18-10-8-6-4-5-7-9-11-19-27-50-30-32-20-14-12-15-21-32/h12-17,20-23,25-26,28-29,46H,4-11,19,27,30-31H2,1-3H3. The Bertz CT molecular complexity index is 1990. The molecule has 0 spiro atoms. The summed E-state index contributed by atoms with van der Waals surface area (Å²) in [5.74, 6) is 7.32. The highest BCUT2D eigenvalue weighted by atomic mass is 16.5. The molecule has 0 bridgehead atoms. The molecule has 0 aliphatic rings. The van der Waals surface area contributed by atoms with Gasteiger partial charge in [0.25, 0.3) is 0 Å². The lowest BCUT2D eigenvalue weighted by atomic mass is 10.1. The van der Waals surface area contributed by atoms with E-state index in [0.717, 1.165) is 31.4 Å². The Morgan fingerprint density at radius 1 is 0.673 bits per heavy atom. The van der Waals surface area contributed by atoms with Crippen LogP contribution in [-0.4, -0.2) is 33.0 Å². The van der Waals surface area contributed by atoms with Gasteiger partial charge in [-0.2, -0.15) is 0 Å². The molecule has 1 heterocycles. The van der Waals surface area contributed by atoms with Crippen molar-refractivity contribution >= 4 is 11.0 Å². The second-order valence-corrected chi connectivity index (χ2v) is 12.5. The number of hydrogen-bond acceptors (Lipinski definition) is 8. The van der Waals surface area contributed by atoms with E-state index in [9.17, 15) is 9.90 Å². The van der Waals surface area contributed by atoms with E-state index in [1.165, 1.54) is 59.0 Å². The van der Waals surface area contributed by atoms with Crippen LogP contribution in [0.5, 0.6) is 28.7 Å². The summed E-state index contributed by atoms with van der Waals surface area (Å²) < 4.78 is 34.9. The fourth-order valence-corrected chi connectivity index (χ4v) is 6.01. The van der Waals surface area contributed by atoms with Crippen LogP contribution in [0.4, 0.5) is 0 Å². The predicted octanol–water partition coefficient (Wildman–Crippen LogP) is 9.85. The molecule has 5 rings (SSSR count). The lowest BCUT2D eigenvalue weighted by Crippen LogP contribution is -2.06. The van der Waals surface area contributed by atoms with E-state index in [4.69, 9.17) is 28.1 Å². The molecule has 0 amide bonds. The third-order valence-electron chi connectivity index (χ3n) is 8.82. The van der Waals surface area contributed by atoms with Crippen molar-refractivity contribution in [2.24, 2.45) is 0 Å². The molecule has 272 valence electrons. The topological polar surface area (TPSA) is 96.6 Å². The van der Waals surface area contributed by atoms with Gasteiger partial charge >= 0.3 is 0 Å². The first-order chi connectivity index (χ1) is 25.5. The summed E-state index contributed by atoms with van der Waals surface area (Å²) in [6.07, 6.45) is 9.96. The monoisotopic (exact) mass is 704 g/mol. The molecule has 8 nitrogen and oxygen atoms in total. The van der Waals surface area contributed by atoms with Crippen LogP contribution in [0.15, 0.2) is 94.1 Å². The van der Waals surface area contributed by atoms with Gasteiger partial charge in [0.05, 0.1) is 38.9 Å². The van der Waals surface area contributed by atoms with E-state index in [1.807, 2.05) is 48.5 Å². The Morgan fingerprint density at radius 2 is 1.31 bits per heavy atom. The van der Waals surface area contributed by atoms with E-state index in [1.54, 1.807) is 24.3 Å². The molecule has 0 aliphatic carbocycles. The molecule has 0 atom stereocenters. The lowest BCUT2D eigenvalue weighted by Gasteiger charge is -2.15. The van der Waals surface area contributed by atoms with Crippen LogP contribution in [0, 0.1) is 11.8 Å². The summed E-state index contributed by atoms with van der Waals surface area (Å²) in [5.41, 5.74) is 2.67. The maximum Gasteiger partial charge on any atom is 0.235 e. The largest absolute Gasteiger partial charge is 0.502 e. The van der Waals surface area contributed by atoms with Gasteiger partial charge < -0.3 is 33.2 Å². The lowest BCUT2D eigenvalue weighted by molar-refractivity contribution is 0.116. The molecule has 8 heteroatoms. The average molecular weight is 705 g/mol. The van der Waals surface area contributed by atoms with Crippen molar-refractivity contribution in [2.75, 3.05) is 27.9 Å². The molecule has 0 unspecified atom stereocenters. The number of aromatic hydroxyl groups is 1. The third kappa shape index (κ3) is 10.1. The molecular weight excluding hydrogens is 656 g/mol. The molecule has 1 aromatic heterocycles. The minimum Gasteiger partial charge on any atom is -0.502 e. The molecule has 52 heavy (non-hydrogen) atoms. The summed E-state index contributed by atoms with van der Waals surface area (Å²) in [5, 5.41) is 11.2. The number of methoxy groups -OCH3 is 3. The summed E-state index contributed by atoms with van der Waals surface area (Å²) in [4.78, 5) is 13.5. The minimum atomic E-state index is -0.608. The van der Waals surface area contributed by atoms with Crippen molar-refractivity contribution < 1.29 is 33.2 Å². The zero-order valence-corrected chi connectivity index (χ0v) is 30.4. The smallest absolute Gasteiger partial charge is 0.235 e. The van der Waals surface area contributed by atoms with Gasteiger partial charge in [0.1, 0.15) is 6.61 Å². The van der Waals surface area contributed by atoms with E-state index >= 15 is 0 Å². The van der Waals surface area contributed by atoms with Gasteiger partial charge in [0, 0.05) is 18.6 Å². The zero-order valence-electron chi connectivity index (χ0n) is 30.4. The van der Waals surface area contributed by atoms with E-state index in [0.29, 0.717) is 48.0 Å². The Morgan fingerprint density at radius 3 is 1.96 bits per heavy atom. The second-order valence-electron chi connectivity index (χ2n) is 12.5. The quantitative estimate of drug-likeness (QED) is 0.0671. The summed E-state index contributed by atoms with van der Waals surface area (Å²) in [6, 6.07) is 26.7. The maximum atomic E-state index is 13.5. The molecule has 5 aromatic rings. The first-order valence-electron chi connectivity index (χ1n) is 17.9. The number of ether oxygens (including phenoxy) is 5. The highest BCUT2D eigenvalue weighted by Crippen LogP contribution is 2.42. The maximum absolute atomic E-state index is 13.5. The number of hydrogen-bond donors (Lipinski definition) is 1. The Kier molecular flexibility index (Phi) is 14.5. The Labute approximate surface area is 306 Å². The van der Waals surface area contributed by atoms with E-state index < -0.39 is 11.2 Å². The van der Waals surface area contributed by atoms with Crippen LogP contribution < -0.4 is 24.4 Å². The van der Waals surface area contributed by atoms with Crippen molar-refractivity contribution in [1.29, 1.82) is 0 Å². The van der Waals surface area contributed by atoms with Crippen molar-refractivity contribution in [1.82, 2.24) is 0 Å². The average Bonchev–Trinajstić information content (AvgIpc) is 3.18. The number of rotatable bonds is 19. The van der Waals surface area contributed by atoms with Gasteiger partial charge in [-0.15, -0.1) is 0 Å². The Balaban J connectivity index is 1.16. The first-order valence-corrected chi connectivity index (χ1v) is 17.9. The van der Waals surface area contributed by atoms with Gasteiger partial charge in [0.2, 0.25) is 16.9 Å². The van der Waals surface area contributed by atoms with Crippen LogP contribution in [0.3, 0.4) is 0 Å². The third-order valence-corrected chi connectivity index (χ3v) is 8.82. The second kappa shape index (κ2) is 19.9. The molecule has 0 saturated carbocycles. The highest BCUT2D eigenvalue weighted by molar-refractivity contribution is 5.91. The first kappa shape index (κ1) is 37.9. The minimum absolute atomic E-state index is 0.0301. The van der Waals surface area contributed by atoms with Gasteiger partial charge in [-0.3, -0.25) is 4.79 Å². The highest BCUT2D eigenvalue weighted by Gasteiger charge is 2.24. The molecule has 1 N–H and O–H groups in total. The van der Waals surface area contributed by atoms with Crippen LogP contribution in [0.25, 0.3) is 22.3 Å². The molecule has 4 aromatic carbocycles. The molecular formula is C44H48O8. The summed E-state index contributed by atoms with van der Waals surface area (Å²) in [6.45, 7) is 1.84. The van der Waals surface area contributed by atoms with Gasteiger partial charge in [-0.25, -0.2) is 0 Å². The van der Waals surface area contributed by atoms with Gasteiger partial charge in [-0.1, -0.05) is 111 Å². The number of fused-ring (bicyclic) bond motifs is 1. The van der Waals surface area contributed by atoms with E-state index in [-0.39, 0.29) is 22.5 Å². The van der Waals surface area contributed by atoms with Crippen LogP contribution in [-0.2, 0) is 18.0 Å². The van der Waals surface area contributed by atoms with Crippen molar-refractivity contribution in [3.63, 3.8) is 0 Å². The number of benzene rings is 4. The van der Waals surface area contributed by atoms with E-state index in [2.05, 4.69) is 24.0 Å². The Hall–Kier alpha value is -5.39. The normalized spacial score (nSPS) is 10.8. The predicted molar refractivity (Wildman–Crippen MR) is 205 cm³/mol. The fraction of sp³-hybridized carbons (Fsp3) is 0.341. The van der Waals surface area contributed by atoms with Gasteiger partial charge in [-0.05, 0) is 48.2 Å². The molecule has 0 fully saturated rings. The van der Waals surface area contributed by atoms with Crippen molar-refractivity contribution in [2.45, 2.75) is 71.0 Å². The van der Waals surface area contributed by atoms with Crippen LogP contribution in [0.2, 0.25) is 0 Å². The van der Waals surface area contributed by atoms with Crippen LogP contribution in [0.1, 0.15) is 74.5 Å². The molecule has 0 aliphatic heterocycles. The fourth-order valence-electron chi connectivity index (χ4n) is 6.01. The summed E-state index contributed by atoms with van der Waals surface area (Å²) in [7, 11) is 4.52. The van der Waals surface area contributed by atoms with Crippen LogP contribution >= 0.6 is 0 Å². The summed E-state index contributed by atoms with van der Waals surface area (Å²) >= 11 is 0. The number of unbranched alkanes of at least 4 members (excludes halogenated alkanes) is 8. The zero-order chi connectivity index (χ0) is 36.5. The van der Waals surface area contributed by atoms with Crippen molar-refractivity contribution in [3.05, 3.63) is 112 Å².